The number of nitrogens with one attached hydrogen (secondary N) is 1. The third-order valence-electron chi connectivity index (χ3n) is 3.86. The Hall–Kier alpha value is -0.870. The lowest BCUT2D eigenvalue weighted by atomic mass is 9.98. The average Bonchev–Trinajstić information content (AvgIpc) is 2.68. The summed E-state index contributed by atoms with van der Waals surface area (Å²) in [5.41, 5.74) is 0.994. The van der Waals surface area contributed by atoms with Crippen molar-refractivity contribution in [1.82, 2.24) is 15.4 Å². The highest BCUT2D eigenvalue weighted by Crippen LogP contribution is 2.21. The summed E-state index contributed by atoms with van der Waals surface area (Å²) in [7, 11) is 1.92. The predicted octanol–water partition coefficient (Wildman–Crippen LogP) is 2.41. The van der Waals surface area contributed by atoms with Gasteiger partial charge in [-0.1, -0.05) is 18.5 Å². The van der Waals surface area contributed by atoms with Gasteiger partial charge >= 0.3 is 0 Å². The maximum atomic E-state index is 5.38. The van der Waals surface area contributed by atoms with Crippen LogP contribution in [0.1, 0.15) is 44.1 Å². The monoisotopic (exact) mass is 251 g/mol. The third kappa shape index (κ3) is 3.82. The van der Waals surface area contributed by atoms with Gasteiger partial charge in [0, 0.05) is 12.6 Å². The SMILES string of the molecule is CCC1CCCN(Cc2cc(CNC)no2)CC1. The highest BCUT2D eigenvalue weighted by Gasteiger charge is 2.17. The summed E-state index contributed by atoms with van der Waals surface area (Å²) in [6.45, 7) is 6.38. The van der Waals surface area contributed by atoms with Crippen LogP contribution in [0.3, 0.4) is 0 Å². The Morgan fingerprint density at radius 1 is 1.44 bits per heavy atom. The van der Waals surface area contributed by atoms with Crippen LogP contribution in [0.15, 0.2) is 10.6 Å². The van der Waals surface area contributed by atoms with Gasteiger partial charge in [0.05, 0.1) is 12.2 Å². The maximum absolute atomic E-state index is 5.38. The van der Waals surface area contributed by atoms with Crippen molar-refractivity contribution in [3.63, 3.8) is 0 Å². The number of rotatable bonds is 5. The smallest absolute Gasteiger partial charge is 0.151 e. The molecule has 1 aromatic heterocycles. The molecule has 102 valence electrons. The van der Waals surface area contributed by atoms with Crippen molar-refractivity contribution in [2.75, 3.05) is 20.1 Å². The normalized spacial score (nSPS) is 22.0. The van der Waals surface area contributed by atoms with E-state index in [-0.39, 0.29) is 0 Å². The quantitative estimate of drug-likeness (QED) is 0.872. The van der Waals surface area contributed by atoms with Crippen molar-refractivity contribution in [2.24, 2.45) is 5.92 Å². The van der Waals surface area contributed by atoms with E-state index in [0.29, 0.717) is 0 Å². The first kappa shape index (κ1) is 13.6. The first-order chi connectivity index (χ1) is 8.81. The van der Waals surface area contributed by atoms with E-state index in [9.17, 15) is 0 Å². The molecule has 0 saturated carbocycles. The van der Waals surface area contributed by atoms with E-state index in [0.717, 1.165) is 30.5 Å². The van der Waals surface area contributed by atoms with Crippen LogP contribution in [0, 0.1) is 5.92 Å². The van der Waals surface area contributed by atoms with Gasteiger partial charge in [0.25, 0.3) is 0 Å². The number of hydrogen-bond acceptors (Lipinski definition) is 4. The van der Waals surface area contributed by atoms with Gasteiger partial charge in [0.1, 0.15) is 0 Å². The fraction of sp³-hybridized carbons (Fsp3) is 0.786. The fourth-order valence-electron chi connectivity index (χ4n) is 2.71. The minimum atomic E-state index is 0.779. The summed E-state index contributed by atoms with van der Waals surface area (Å²) in [4.78, 5) is 2.50. The summed E-state index contributed by atoms with van der Waals surface area (Å²) < 4.78 is 5.38. The molecule has 0 amide bonds. The lowest BCUT2D eigenvalue weighted by Crippen LogP contribution is -2.24. The molecule has 4 heteroatoms. The highest BCUT2D eigenvalue weighted by molar-refractivity contribution is 5.05. The molecule has 0 spiro atoms. The molecular weight excluding hydrogens is 226 g/mol. The van der Waals surface area contributed by atoms with E-state index in [1.165, 1.54) is 38.8 Å². The zero-order chi connectivity index (χ0) is 12.8. The number of aromatic nitrogens is 1. The van der Waals surface area contributed by atoms with Crippen LogP contribution in [0.2, 0.25) is 0 Å². The number of likely N-dealkylation sites (tertiary alicyclic amines) is 1. The highest BCUT2D eigenvalue weighted by atomic mass is 16.5. The van der Waals surface area contributed by atoms with Crippen LogP contribution in [0.5, 0.6) is 0 Å². The molecule has 0 bridgehead atoms. The first-order valence-electron chi connectivity index (χ1n) is 7.13. The Bertz CT molecular complexity index is 351. The van der Waals surface area contributed by atoms with Crippen molar-refractivity contribution in [1.29, 1.82) is 0 Å². The molecule has 1 aliphatic rings. The number of hydrogen-bond donors (Lipinski definition) is 1. The van der Waals surface area contributed by atoms with Gasteiger partial charge in [-0.25, -0.2) is 0 Å². The molecule has 1 aromatic rings. The Labute approximate surface area is 110 Å². The third-order valence-corrected chi connectivity index (χ3v) is 3.86. The minimum Gasteiger partial charge on any atom is -0.360 e. The van der Waals surface area contributed by atoms with Gasteiger partial charge < -0.3 is 9.84 Å². The summed E-state index contributed by atoms with van der Waals surface area (Å²) in [6, 6.07) is 2.07. The van der Waals surface area contributed by atoms with Crippen LogP contribution in [0.25, 0.3) is 0 Å². The molecule has 1 fully saturated rings. The molecular formula is C14H25N3O. The van der Waals surface area contributed by atoms with Crippen LogP contribution in [0.4, 0.5) is 0 Å². The van der Waals surface area contributed by atoms with E-state index in [4.69, 9.17) is 4.52 Å². The fourth-order valence-corrected chi connectivity index (χ4v) is 2.71. The Kier molecular flexibility index (Phi) is 5.20. The second-order valence-electron chi connectivity index (χ2n) is 5.30. The Morgan fingerprint density at radius 2 is 2.33 bits per heavy atom. The molecule has 1 saturated heterocycles. The van der Waals surface area contributed by atoms with Crippen LogP contribution in [-0.2, 0) is 13.1 Å². The summed E-state index contributed by atoms with van der Waals surface area (Å²) in [5.74, 6) is 1.92. The van der Waals surface area contributed by atoms with E-state index in [2.05, 4.69) is 28.4 Å². The molecule has 1 unspecified atom stereocenters. The molecule has 1 atom stereocenters. The second-order valence-corrected chi connectivity index (χ2v) is 5.30. The van der Waals surface area contributed by atoms with Gasteiger partial charge in [-0.2, -0.15) is 0 Å². The standard InChI is InChI=1S/C14H25N3O/c1-3-12-5-4-7-17(8-6-12)11-14-9-13(10-15-2)16-18-14/h9,12,15H,3-8,10-11H2,1-2H3. The molecule has 2 heterocycles. The van der Waals surface area contributed by atoms with Crippen LogP contribution < -0.4 is 5.32 Å². The van der Waals surface area contributed by atoms with Gasteiger partial charge in [0.2, 0.25) is 0 Å². The summed E-state index contributed by atoms with van der Waals surface area (Å²) >= 11 is 0. The molecule has 2 rings (SSSR count). The zero-order valence-corrected chi connectivity index (χ0v) is 11.6. The first-order valence-corrected chi connectivity index (χ1v) is 7.13. The van der Waals surface area contributed by atoms with Crippen molar-refractivity contribution >= 4 is 0 Å². The summed E-state index contributed by atoms with van der Waals surface area (Å²) in [6.07, 6.45) is 5.35. The molecule has 1 N–H and O–H groups in total. The lowest BCUT2D eigenvalue weighted by Gasteiger charge is -2.18. The number of nitrogens with zero attached hydrogens (tertiary/aromatic N) is 2. The van der Waals surface area contributed by atoms with Gasteiger partial charge in [0.15, 0.2) is 5.76 Å². The zero-order valence-electron chi connectivity index (χ0n) is 11.6. The topological polar surface area (TPSA) is 41.3 Å². The molecule has 4 nitrogen and oxygen atoms in total. The Morgan fingerprint density at radius 3 is 3.11 bits per heavy atom. The van der Waals surface area contributed by atoms with Crippen LogP contribution >= 0.6 is 0 Å². The van der Waals surface area contributed by atoms with E-state index in [1.54, 1.807) is 0 Å². The van der Waals surface area contributed by atoms with Gasteiger partial charge in [-0.15, -0.1) is 0 Å². The lowest BCUT2D eigenvalue weighted by molar-refractivity contribution is 0.235. The average molecular weight is 251 g/mol. The summed E-state index contributed by atoms with van der Waals surface area (Å²) in [5, 5.41) is 7.15. The molecule has 1 aliphatic heterocycles. The van der Waals surface area contributed by atoms with E-state index >= 15 is 0 Å². The van der Waals surface area contributed by atoms with Gasteiger partial charge in [-0.3, -0.25) is 4.90 Å². The Balaban J connectivity index is 1.84. The molecule has 0 aliphatic carbocycles. The minimum absolute atomic E-state index is 0.779. The van der Waals surface area contributed by atoms with Crippen molar-refractivity contribution < 1.29 is 4.52 Å². The van der Waals surface area contributed by atoms with Crippen molar-refractivity contribution in [3.8, 4) is 0 Å². The van der Waals surface area contributed by atoms with Crippen LogP contribution in [-0.4, -0.2) is 30.2 Å². The molecule has 0 aromatic carbocycles. The van der Waals surface area contributed by atoms with E-state index in [1.807, 2.05) is 7.05 Å². The van der Waals surface area contributed by atoms with Gasteiger partial charge in [-0.05, 0) is 45.3 Å². The maximum Gasteiger partial charge on any atom is 0.151 e. The largest absolute Gasteiger partial charge is 0.360 e. The second kappa shape index (κ2) is 6.90. The van der Waals surface area contributed by atoms with E-state index < -0.39 is 0 Å². The molecule has 18 heavy (non-hydrogen) atoms. The predicted molar refractivity (Wildman–Crippen MR) is 72.2 cm³/mol. The molecule has 0 radical (unpaired) electrons. The van der Waals surface area contributed by atoms with Crippen molar-refractivity contribution in [3.05, 3.63) is 17.5 Å². The van der Waals surface area contributed by atoms with Crippen molar-refractivity contribution in [2.45, 2.75) is 45.7 Å².